The molecule has 7 heteroatoms. The van der Waals surface area contributed by atoms with Crippen LogP contribution in [0.15, 0.2) is 52.1 Å². The number of guanidine groups is 1. The molecule has 2 aromatic rings. The van der Waals surface area contributed by atoms with Crippen molar-refractivity contribution in [2.24, 2.45) is 10.9 Å². The van der Waals surface area contributed by atoms with E-state index in [4.69, 9.17) is 25.7 Å². The molecule has 1 aromatic carbocycles. The Hall–Kier alpha value is -1.25. The van der Waals surface area contributed by atoms with Crippen LogP contribution in [0.1, 0.15) is 30.7 Å². The first-order valence-electron chi connectivity index (χ1n) is 9.11. The molecule has 0 aliphatic carbocycles. The summed E-state index contributed by atoms with van der Waals surface area (Å²) in [6.07, 6.45) is 3.59. The van der Waals surface area contributed by atoms with Crippen LogP contribution in [-0.4, -0.2) is 32.3 Å². The van der Waals surface area contributed by atoms with E-state index in [1.54, 1.807) is 6.26 Å². The topological polar surface area (TPSA) is 58.8 Å². The lowest BCUT2D eigenvalue weighted by molar-refractivity contribution is 0.187. The van der Waals surface area contributed by atoms with Crippen LogP contribution in [-0.2, 0) is 11.2 Å². The van der Waals surface area contributed by atoms with Crippen molar-refractivity contribution in [3.63, 3.8) is 0 Å². The average Bonchev–Trinajstić information content (AvgIpc) is 3.33. The third-order valence-electron chi connectivity index (χ3n) is 4.48. The van der Waals surface area contributed by atoms with Gasteiger partial charge in [0.15, 0.2) is 5.96 Å². The summed E-state index contributed by atoms with van der Waals surface area (Å²) < 4.78 is 10.8. The van der Waals surface area contributed by atoms with E-state index in [0.717, 1.165) is 61.5 Å². The van der Waals surface area contributed by atoms with Gasteiger partial charge in [0.2, 0.25) is 0 Å². The van der Waals surface area contributed by atoms with E-state index in [1.165, 1.54) is 0 Å². The van der Waals surface area contributed by atoms with Crippen molar-refractivity contribution in [1.29, 1.82) is 0 Å². The van der Waals surface area contributed by atoms with E-state index in [9.17, 15) is 0 Å². The molecule has 2 heterocycles. The van der Waals surface area contributed by atoms with E-state index in [1.807, 2.05) is 30.3 Å². The molecule has 0 bridgehead atoms. The number of hydrogen-bond donors (Lipinski definition) is 2. The smallest absolute Gasteiger partial charge is 0.191 e. The highest BCUT2D eigenvalue weighted by atomic mass is 127. The van der Waals surface area contributed by atoms with Crippen molar-refractivity contribution in [3.05, 3.63) is 59.0 Å². The van der Waals surface area contributed by atoms with Crippen LogP contribution >= 0.6 is 35.6 Å². The number of ether oxygens (including phenoxy) is 1. The zero-order valence-electron chi connectivity index (χ0n) is 15.5. The maximum absolute atomic E-state index is 6.12. The van der Waals surface area contributed by atoms with Gasteiger partial charge in [-0.2, -0.15) is 0 Å². The van der Waals surface area contributed by atoms with Crippen molar-refractivity contribution in [3.8, 4) is 0 Å². The van der Waals surface area contributed by atoms with E-state index >= 15 is 0 Å². The molecule has 3 rings (SSSR count). The minimum Gasteiger partial charge on any atom is -0.469 e. The molecule has 0 radical (unpaired) electrons. The molecule has 1 aliphatic heterocycles. The van der Waals surface area contributed by atoms with Gasteiger partial charge in [0, 0.05) is 37.1 Å². The minimum absolute atomic E-state index is 0. The second kappa shape index (κ2) is 11.6. The van der Waals surface area contributed by atoms with Gasteiger partial charge in [-0.05, 0) is 43.2 Å². The Kier molecular flexibility index (Phi) is 9.44. The quantitative estimate of drug-likeness (QED) is 0.333. The highest BCUT2D eigenvalue weighted by molar-refractivity contribution is 14.0. The predicted molar refractivity (Wildman–Crippen MR) is 120 cm³/mol. The number of hydrogen-bond acceptors (Lipinski definition) is 3. The van der Waals surface area contributed by atoms with Gasteiger partial charge >= 0.3 is 0 Å². The maximum Gasteiger partial charge on any atom is 0.191 e. The lowest BCUT2D eigenvalue weighted by Gasteiger charge is -2.19. The van der Waals surface area contributed by atoms with Crippen LogP contribution in [0.25, 0.3) is 0 Å². The lowest BCUT2D eigenvalue weighted by Crippen LogP contribution is -2.40. The van der Waals surface area contributed by atoms with Gasteiger partial charge in [-0.1, -0.05) is 23.7 Å². The van der Waals surface area contributed by atoms with Crippen LogP contribution in [0.4, 0.5) is 0 Å². The molecule has 2 N–H and O–H groups in total. The number of aliphatic imine (C=N–C) groups is 1. The van der Waals surface area contributed by atoms with Gasteiger partial charge in [-0.3, -0.25) is 4.99 Å². The fourth-order valence-electron chi connectivity index (χ4n) is 2.92. The van der Waals surface area contributed by atoms with Crippen molar-refractivity contribution in [2.45, 2.75) is 25.8 Å². The molecule has 27 heavy (non-hydrogen) atoms. The zero-order valence-corrected chi connectivity index (χ0v) is 18.6. The number of furan rings is 1. The van der Waals surface area contributed by atoms with Gasteiger partial charge in [0.05, 0.1) is 18.9 Å². The highest BCUT2D eigenvalue weighted by Gasteiger charge is 2.16. The Balaban J connectivity index is 0.00000261. The van der Waals surface area contributed by atoms with Gasteiger partial charge in [0.1, 0.15) is 5.76 Å². The van der Waals surface area contributed by atoms with E-state index in [2.05, 4.69) is 23.6 Å². The summed E-state index contributed by atoms with van der Waals surface area (Å²) in [5.74, 6) is 2.26. The molecule has 1 aliphatic rings. The number of rotatable bonds is 7. The lowest BCUT2D eigenvalue weighted by atomic mass is 10.1. The second-order valence-electron chi connectivity index (χ2n) is 6.60. The molecule has 148 valence electrons. The summed E-state index contributed by atoms with van der Waals surface area (Å²) in [5.41, 5.74) is 1.13. The van der Waals surface area contributed by atoms with Crippen LogP contribution in [0.3, 0.4) is 0 Å². The number of nitrogens with zero attached hydrogens (tertiary/aromatic N) is 1. The Morgan fingerprint density at radius 1 is 1.33 bits per heavy atom. The first kappa shape index (κ1) is 22.0. The van der Waals surface area contributed by atoms with E-state index in [-0.39, 0.29) is 30.0 Å². The molecule has 0 saturated carbocycles. The summed E-state index contributed by atoms with van der Waals surface area (Å²) in [5, 5.41) is 7.62. The molecule has 2 atom stereocenters. The Labute approximate surface area is 182 Å². The summed E-state index contributed by atoms with van der Waals surface area (Å²) in [4.78, 5) is 4.76. The minimum atomic E-state index is 0. The van der Waals surface area contributed by atoms with Gasteiger partial charge in [0.25, 0.3) is 0 Å². The molecule has 2 unspecified atom stereocenters. The SMILES string of the molecule is CC(NC(=NCC1CCOC1)NCCc1ccco1)c1cccc(Cl)c1.I. The van der Waals surface area contributed by atoms with Crippen LogP contribution in [0.5, 0.6) is 0 Å². The molecular formula is C20H27ClIN3O2. The molecular weight excluding hydrogens is 477 g/mol. The summed E-state index contributed by atoms with van der Waals surface area (Å²) >= 11 is 6.12. The van der Waals surface area contributed by atoms with Gasteiger partial charge in [-0.15, -0.1) is 24.0 Å². The normalized spacial score (nSPS) is 18.0. The van der Waals surface area contributed by atoms with Crippen LogP contribution in [0, 0.1) is 5.92 Å². The summed E-state index contributed by atoms with van der Waals surface area (Å²) in [6.45, 7) is 5.26. The Morgan fingerprint density at radius 2 is 2.22 bits per heavy atom. The molecule has 1 saturated heterocycles. The first-order valence-corrected chi connectivity index (χ1v) is 9.49. The molecule has 5 nitrogen and oxygen atoms in total. The van der Waals surface area contributed by atoms with Crippen molar-refractivity contribution >= 4 is 41.5 Å². The summed E-state index contributed by atoms with van der Waals surface area (Å²) in [7, 11) is 0. The zero-order chi connectivity index (χ0) is 18.2. The van der Waals surface area contributed by atoms with E-state index < -0.39 is 0 Å². The Bertz CT molecular complexity index is 703. The highest BCUT2D eigenvalue weighted by Crippen LogP contribution is 2.17. The molecule has 1 aromatic heterocycles. The monoisotopic (exact) mass is 503 g/mol. The Morgan fingerprint density at radius 3 is 2.93 bits per heavy atom. The van der Waals surface area contributed by atoms with Crippen molar-refractivity contribution < 1.29 is 9.15 Å². The molecule has 0 spiro atoms. The van der Waals surface area contributed by atoms with Crippen LogP contribution < -0.4 is 10.6 Å². The average molecular weight is 504 g/mol. The fourth-order valence-corrected chi connectivity index (χ4v) is 3.12. The van der Waals surface area contributed by atoms with Gasteiger partial charge < -0.3 is 19.8 Å². The number of nitrogens with one attached hydrogen (secondary N) is 2. The van der Waals surface area contributed by atoms with Crippen LogP contribution in [0.2, 0.25) is 5.02 Å². The van der Waals surface area contributed by atoms with Gasteiger partial charge in [-0.25, -0.2) is 0 Å². The molecule has 0 amide bonds. The standard InChI is InChI=1S/C20H26ClN3O2.HI/c1-15(17-4-2-5-18(21)12-17)24-20(23-13-16-8-11-25-14-16)22-9-7-19-6-3-10-26-19;/h2-6,10,12,15-16H,7-9,11,13-14H2,1H3,(H2,22,23,24);1H. The second-order valence-corrected chi connectivity index (χ2v) is 7.03. The fraction of sp³-hybridized carbons (Fsp3) is 0.450. The number of benzene rings is 1. The first-order chi connectivity index (χ1) is 12.7. The maximum atomic E-state index is 6.12. The summed E-state index contributed by atoms with van der Waals surface area (Å²) in [6, 6.07) is 11.9. The third-order valence-corrected chi connectivity index (χ3v) is 4.71. The third kappa shape index (κ3) is 7.35. The molecule has 1 fully saturated rings. The van der Waals surface area contributed by atoms with Crippen molar-refractivity contribution in [1.82, 2.24) is 10.6 Å². The van der Waals surface area contributed by atoms with E-state index in [0.29, 0.717) is 5.92 Å². The largest absolute Gasteiger partial charge is 0.469 e. The predicted octanol–water partition coefficient (Wildman–Crippen LogP) is 4.43. The van der Waals surface area contributed by atoms with Crippen molar-refractivity contribution in [2.75, 3.05) is 26.3 Å². The number of halogens is 2.